The van der Waals surface area contributed by atoms with Crippen molar-refractivity contribution >= 4 is 54.5 Å². The maximum absolute atomic E-state index is 9.11. The summed E-state index contributed by atoms with van der Waals surface area (Å²) in [5.41, 5.74) is 5.79. The van der Waals surface area contributed by atoms with Crippen molar-refractivity contribution in [2.45, 2.75) is 0 Å². The van der Waals surface area contributed by atoms with Gasteiger partial charge in [-0.15, -0.1) is 0 Å². The quantitative estimate of drug-likeness (QED) is 0.207. The second kappa shape index (κ2) is 8.95. The highest BCUT2D eigenvalue weighted by molar-refractivity contribution is 6.21. The maximum atomic E-state index is 9.11. The van der Waals surface area contributed by atoms with Gasteiger partial charge < -0.3 is 8.83 Å². The van der Waals surface area contributed by atoms with Crippen molar-refractivity contribution in [3.63, 3.8) is 0 Å². The Bertz CT molecular complexity index is 2810. The van der Waals surface area contributed by atoms with Gasteiger partial charge in [0.15, 0.2) is 0 Å². The highest BCUT2D eigenvalue weighted by Gasteiger charge is 2.17. The summed E-state index contributed by atoms with van der Waals surface area (Å²) in [5, 5.41) is 3.64. The summed E-state index contributed by atoms with van der Waals surface area (Å²) in [7, 11) is 0. The predicted molar refractivity (Wildman–Crippen MR) is 175 cm³/mol. The molecule has 2 nitrogen and oxygen atoms in total. The fourth-order valence-corrected chi connectivity index (χ4v) is 6.05. The Morgan fingerprint density at radius 2 is 1.00 bits per heavy atom. The van der Waals surface area contributed by atoms with Crippen LogP contribution in [0.15, 0.2) is 154 Å². The summed E-state index contributed by atoms with van der Waals surface area (Å²) >= 11 is 0. The van der Waals surface area contributed by atoms with Crippen LogP contribution in [0.2, 0.25) is 0 Å². The average molecular weight is 545 g/mol. The SMILES string of the molecule is [2H]c1c([2H])c([2H])c2c(-c3ccc(-c4ccc5c(c4)oc4cc6ccoc6cc45)cc3)c3c([2H])c([2H])c([2H])c([2H])c3c(-c3ccccc3)c2c1[2H]. The Kier molecular flexibility index (Phi) is 3.54. The van der Waals surface area contributed by atoms with E-state index in [9.17, 15) is 0 Å². The summed E-state index contributed by atoms with van der Waals surface area (Å²) in [5.74, 6) is 0. The fourth-order valence-electron chi connectivity index (χ4n) is 6.05. The van der Waals surface area contributed by atoms with Gasteiger partial charge in [0.2, 0.25) is 0 Å². The lowest BCUT2D eigenvalue weighted by molar-refractivity contribution is 0.616. The molecule has 2 heteroatoms. The lowest BCUT2D eigenvalue weighted by Crippen LogP contribution is -1.90. The van der Waals surface area contributed by atoms with Gasteiger partial charge in [0.1, 0.15) is 16.7 Å². The number of furan rings is 2. The second-order valence-electron chi connectivity index (χ2n) is 10.3. The molecule has 0 aliphatic heterocycles. The highest BCUT2D eigenvalue weighted by Crippen LogP contribution is 2.44. The zero-order valence-electron chi connectivity index (χ0n) is 30.1. The summed E-state index contributed by atoms with van der Waals surface area (Å²) in [6.07, 6.45) is 1.65. The van der Waals surface area contributed by atoms with Gasteiger partial charge >= 0.3 is 0 Å². The van der Waals surface area contributed by atoms with Crippen LogP contribution in [-0.2, 0) is 0 Å². The first-order valence-electron chi connectivity index (χ1n) is 17.6. The van der Waals surface area contributed by atoms with Crippen LogP contribution >= 0.6 is 0 Å². The van der Waals surface area contributed by atoms with Crippen molar-refractivity contribution in [2.24, 2.45) is 0 Å². The van der Waals surface area contributed by atoms with Crippen molar-refractivity contribution in [1.29, 1.82) is 0 Å². The zero-order valence-corrected chi connectivity index (χ0v) is 22.1. The third-order valence-electron chi connectivity index (χ3n) is 7.99. The normalized spacial score (nSPS) is 14.5. The number of benzene rings is 7. The van der Waals surface area contributed by atoms with E-state index in [1.807, 2.05) is 66.7 Å². The highest BCUT2D eigenvalue weighted by atomic mass is 16.3. The summed E-state index contributed by atoms with van der Waals surface area (Å²) in [4.78, 5) is 0. The number of hydrogen-bond donors (Lipinski definition) is 0. The van der Waals surface area contributed by atoms with Crippen molar-refractivity contribution in [2.75, 3.05) is 0 Å². The van der Waals surface area contributed by atoms with Crippen LogP contribution in [0.1, 0.15) is 11.0 Å². The predicted octanol–water partition coefficient (Wildman–Crippen LogP) is 11.6. The first kappa shape index (κ1) is 16.6. The molecule has 0 atom stereocenters. The Morgan fingerprint density at radius 1 is 0.429 bits per heavy atom. The molecule has 42 heavy (non-hydrogen) atoms. The van der Waals surface area contributed by atoms with Gasteiger partial charge in [-0.3, -0.25) is 0 Å². The van der Waals surface area contributed by atoms with Gasteiger partial charge in [0.25, 0.3) is 0 Å². The van der Waals surface area contributed by atoms with Crippen LogP contribution < -0.4 is 0 Å². The molecule has 2 heterocycles. The molecular formula is C40H24O2. The lowest BCUT2D eigenvalue weighted by Gasteiger charge is -2.18. The maximum Gasteiger partial charge on any atom is 0.136 e. The molecule has 2 aromatic heterocycles. The molecule has 0 bridgehead atoms. The molecule has 0 aliphatic rings. The monoisotopic (exact) mass is 544 g/mol. The summed E-state index contributed by atoms with van der Waals surface area (Å²) < 4.78 is 82.5. The Balaban J connectivity index is 1.31. The van der Waals surface area contributed by atoms with Gasteiger partial charge in [0.05, 0.1) is 17.2 Å². The molecule has 0 amide bonds. The molecule has 0 fully saturated rings. The molecule has 0 unspecified atom stereocenters. The van der Waals surface area contributed by atoms with E-state index in [1.165, 1.54) is 0 Å². The van der Waals surface area contributed by atoms with Crippen molar-refractivity contribution < 1.29 is 19.8 Å². The zero-order chi connectivity index (χ0) is 34.6. The van der Waals surface area contributed by atoms with Gasteiger partial charge in [-0.05, 0) is 85.3 Å². The molecular weight excluding hydrogens is 512 g/mol. The molecule has 0 spiro atoms. The molecule has 0 saturated heterocycles. The molecule has 196 valence electrons. The third kappa shape index (κ3) is 3.45. The fraction of sp³-hybridized carbons (Fsp3) is 0. The first-order valence-corrected chi connectivity index (χ1v) is 13.6. The van der Waals surface area contributed by atoms with E-state index in [1.54, 1.807) is 30.5 Å². The summed E-state index contributed by atoms with van der Waals surface area (Å²) in [6, 6.07) is 25.4. The first-order chi connectivity index (χ1) is 24.1. The van der Waals surface area contributed by atoms with E-state index in [-0.39, 0.29) is 45.7 Å². The van der Waals surface area contributed by atoms with Crippen LogP contribution in [0, 0.1) is 0 Å². The Hall–Kier alpha value is -5.60. The minimum atomic E-state index is -0.425. The average Bonchev–Trinajstić information content (AvgIpc) is 3.75. The summed E-state index contributed by atoms with van der Waals surface area (Å²) in [6.45, 7) is 0. The third-order valence-corrected chi connectivity index (χ3v) is 7.99. The minimum Gasteiger partial charge on any atom is -0.464 e. The number of hydrogen-bond acceptors (Lipinski definition) is 2. The van der Waals surface area contributed by atoms with E-state index in [0.717, 1.165) is 44.0 Å². The smallest absolute Gasteiger partial charge is 0.136 e. The van der Waals surface area contributed by atoms with Gasteiger partial charge in [-0.2, -0.15) is 0 Å². The topological polar surface area (TPSA) is 26.3 Å². The van der Waals surface area contributed by atoms with Crippen molar-refractivity contribution in [3.8, 4) is 33.4 Å². The van der Waals surface area contributed by atoms with E-state index in [2.05, 4.69) is 0 Å². The van der Waals surface area contributed by atoms with E-state index in [4.69, 9.17) is 19.8 Å². The lowest BCUT2D eigenvalue weighted by atomic mass is 9.86. The molecule has 0 N–H and O–H groups in total. The van der Waals surface area contributed by atoms with Crippen LogP contribution in [0.5, 0.6) is 0 Å². The largest absolute Gasteiger partial charge is 0.464 e. The van der Waals surface area contributed by atoms with E-state index >= 15 is 0 Å². The second-order valence-corrected chi connectivity index (χ2v) is 10.3. The molecule has 7 aromatic carbocycles. The van der Waals surface area contributed by atoms with Crippen molar-refractivity contribution in [1.82, 2.24) is 0 Å². The van der Waals surface area contributed by atoms with Crippen molar-refractivity contribution in [3.05, 3.63) is 146 Å². The van der Waals surface area contributed by atoms with Crippen LogP contribution in [-0.4, -0.2) is 0 Å². The van der Waals surface area contributed by atoms with Gasteiger partial charge in [-0.1, -0.05) is 109 Å². The Morgan fingerprint density at radius 3 is 1.67 bits per heavy atom. The molecule has 9 rings (SSSR count). The van der Waals surface area contributed by atoms with Gasteiger partial charge in [0, 0.05) is 16.2 Å². The Labute approximate surface area is 253 Å². The van der Waals surface area contributed by atoms with E-state index < -0.39 is 24.2 Å². The van der Waals surface area contributed by atoms with Crippen LogP contribution in [0.3, 0.4) is 0 Å². The number of rotatable bonds is 3. The molecule has 0 aliphatic carbocycles. The minimum absolute atomic E-state index is 0.189. The number of fused-ring (bicyclic) bond motifs is 6. The van der Waals surface area contributed by atoms with Gasteiger partial charge in [-0.25, -0.2) is 0 Å². The standard InChI is InChI=1S/C40H24O2/c1-2-8-26(9-3-1)39-31-10-4-6-12-33(31)40(34-13-7-5-11-32(34)39)27-16-14-25(15-17-27)28-18-19-30-35-24-36-29(20-21-41-36)23-38(35)42-37(30)22-28/h1-24H/i4D,5D,6D,7D,10D,11D,12D,13D. The van der Waals surface area contributed by atoms with Crippen LogP contribution in [0.25, 0.3) is 87.8 Å². The van der Waals surface area contributed by atoms with Crippen LogP contribution in [0.4, 0.5) is 0 Å². The molecule has 0 saturated carbocycles. The van der Waals surface area contributed by atoms with E-state index in [0.29, 0.717) is 22.3 Å². The molecule has 0 radical (unpaired) electrons. The molecule has 9 aromatic rings.